The minimum absolute atomic E-state index is 0.00353. The third kappa shape index (κ3) is 4.73. The van der Waals surface area contributed by atoms with Crippen LogP contribution in [-0.2, 0) is 11.3 Å². The highest BCUT2D eigenvalue weighted by Crippen LogP contribution is 2.20. The van der Waals surface area contributed by atoms with Gasteiger partial charge < -0.3 is 14.1 Å². The zero-order valence-corrected chi connectivity index (χ0v) is 14.2. The quantitative estimate of drug-likeness (QED) is 0.634. The molecule has 0 bridgehead atoms. The minimum Gasteiger partial charge on any atom is -0.493 e. The standard InChI is InChI=1S/C21H21NO3/c1-17-9-11-18(12-10-17)22(16-20-8-5-14-24-20)21(23)13-15-25-19-6-3-2-4-7-19/h2-12,14H,13,15-16H2,1H3. The number of hydrogen-bond donors (Lipinski definition) is 0. The number of para-hydroxylation sites is 1. The highest BCUT2D eigenvalue weighted by Gasteiger charge is 2.17. The lowest BCUT2D eigenvalue weighted by Gasteiger charge is -2.22. The van der Waals surface area contributed by atoms with E-state index in [0.717, 1.165) is 22.8 Å². The van der Waals surface area contributed by atoms with Gasteiger partial charge in [0, 0.05) is 5.69 Å². The van der Waals surface area contributed by atoms with Gasteiger partial charge in [-0.3, -0.25) is 4.79 Å². The van der Waals surface area contributed by atoms with Gasteiger partial charge >= 0.3 is 0 Å². The van der Waals surface area contributed by atoms with Crippen LogP contribution in [0.3, 0.4) is 0 Å². The second-order valence-electron chi connectivity index (χ2n) is 5.81. The maximum Gasteiger partial charge on any atom is 0.230 e. The van der Waals surface area contributed by atoms with E-state index < -0.39 is 0 Å². The summed E-state index contributed by atoms with van der Waals surface area (Å²) in [6, 6.07) is 21.1. The van der Waals surface area contributed by atoms with Crippen molar-refractivity contribution in [3.05, 3.63) is 84.3 Å². The van der Waals surface area contributed by atoms with Crippen molar-refractivity contribution in [2.24, 2.45) is 0 Å². The highest BCUT2D eigenvalue weighted by molar-refractivity contribution is 5.93. The molecule has 0 atom stereocenters. The summed E-state index contributed by atoms with van der Waals surface area (Å²) in [7, 11) is 0. The average molecular weight is 335 g/mol. The SMILES string of the molecule is Cc1ccc(N(Cc2ccco2)C(=O)CCOc2ccccc2)cc1. The lowest BCUT2D eigenvalue weighted by molar-refractivity contribution is -0.119. The number of amides is 1. The largest absolute Gasteiger partial charge is 0.493 e. The number of nitrogens with zero attached hydrogens (tertiary/aromatic N) is 1. The summed E-state index contributed by atoms with van der Waals surface area (Å²) in [4.78, 5) is 14.5. The zero-order valence-electron chi connectivity index (χ0n) is 14.2. The van der Waals surface area contributed by atoms with Crippen molar-refractivity contribution in [1.82, 2.24) is 0 Å². The molecule has 128 valence electrons. The van der Waals surface area contributed by atoms with Crippen LogP contribution in [0, 0.1) is 6.92 Å². The molecule has 0 spiro atoms. The molecule has 4 nitrogen and oxygen atoms in total. The van der Waals surface area contributed by atoms with Crippen molar-refractivity contribution < 1.29 is 13.9 Å². The summed E-state index contributed by atoms with van der Waals surface area (Å²) in [5.74, 6) is 1.51. The number of benzene rings is 2. The van der Waals surface area contributed by atoms with E-state index in [1.165, 1.54) is 0 Å². The van der Waals surface area contributed by atoms with Gasteiger partial charge in [-0.05, 0) is 43.3 Å². The molecule has 0 saturated carbocycles. The van der Waals surface area contributed by atoms with Gasteiger partial charge in [-0.25, -0.2) is 0 Å². The molecule has 0 fully saturated rings. The number of anilines is 1. The zero-order chi connectivity index (χ0) is 17.5. The molecular weight excluding hydrogens is 314 g/mol. The Morgan fingerprint density at radius 2 is 1.76 bits per heavy atom. The van der Waals surface area contributed by atoms with Crippen LogP contribution in [0.1, 0.15) is 17.7 Å². The Morgan fingerprint density at radius 3 is 2.44 bits per heavy atom. The van der Waals surface area contributed by atoms with Crippen LogP contribution in [0.2, 0.25) is 0 Å². The highest BCUT2D eigenvalue weighted by atomic mass is 16.5. The second kappa shape index (κ2) is 8.20. The number of furan rings is 1. The van der Waals surface area contributed by atoms with Gasteiger partial charge in [-0.15, -0.1) is 0 Å². The number of ether oxygens (including phenoxy) is 1. The van der Waals surface area contributed by atoms with E-state index in [1.807, 2.05) is 73.7 Å². The van der Waals surface area contributed by atoms with E-state index in [2.05, 4.69) is 0 Å². The molecular formula is C21H21NO3. The Bertz CT molecular complexity index is 780. The van der Waals surface area contributed by atoms with Crippen molar-refractivity contribution in [1.29, 1.82) is 0 Å². The Labute approximate surface area is 147 Å². The summed E-state index contributed by atoms with van der Waals surface area (Å²) >= 11 is 0. The first-order chi connectivity index (χ1) is 12.2. The maximum atomic E-state index is 12.7. The van der Waals surface area contributed by atoms with Gasteiger partial charge in [0.2, 0.25) is 5.91 Å². The van der Waals surface area contributed by atoms with Crippen LogP contribution in [0.4, 0.5) is 5.69 Å². The molecule has 0 unspecified atom stereocenters. The molecule has 1 amide bonds. The summed E-state index contributed by atoms with van der Waals surface area (Å²) < 4.78 is 11.1. The number of hydrogen-bond acceptors (Lipinski definition) is 3. The third-order valence-corrected chi connectivity index (χ3v) is 3.87. The summed E-state index contributed by atoms with van der Waals surface area (Å²) in [5, 5.41) is 0. The molecule has 1 aromatic heterocycles. The summed E-state index contributed by atoms with van der Waals surface area (Å²) in [6.07, 6.45) is 1.91. The van der Waals surface area contributed by atoms with Crippen molar-refractivity contribution >= 4 is 11.6 Å². The molecule has 0 aliphatic rings. The fourth-order valence-corrected chi connectivity index (χ4v) is 2.51. The van der Waals surface area contributed by atoms with E-state index >= 15 is 0 Å². The normalized spacial score (nSPS) is 10.4. The van der Waals surface area contributed by atoms with E-state index in [0.29, 0.717) is 19.6 Å². The molecule has 0 aliphatic heterocycles. The van der Waals surface area contributed by atoms with E-state index in [9.17, 15) is 4.79 Å². The van der Waals surface area contributed by atoms with Gasteiger partial charge in [0.05, 0.1) is 25.8 Å². The number of rotatable bonds is 7. The fraction of sp³-hybridized carbons (Fsp3) is 0.190. The second-order valence-corrected chi connectivity index (χ2v) is 5.81. The number of aryl methyl sites for hydroxylation is 1. The molecule has 2 aromatic carbocycles. The predicted molar refractivity (Wildman–Crippen MR) is 97.6 cm³/mol. The minimum atomic E-state index is -0.00353. The van der Waals surface area contributed by atoms with E-state index in [4.69, 9.17) is 9.15 Å². The monoisotopic (exact) mass is 335 g/mol. The molecule has 0 aliphatic carbocycles. The van der Waals surface area contributed by atoms with Crippen LogP contribution in [0.25, 0.3) is 0 Å². The lowest BCUT2D eigenvalue weighted by Crippen LogP contribution is -2.31. The Balaban J connectivity index is 1.67. The number of carbonyl (C=O) groups excluding carboxylic acids is 1. The predicted octanol–water partition coefficient (Wildman–Crippen LogP) is 4.59. The van der Waals surface area contributed by atoms with Crippen molar-refractivity contribution in [2.75, 3.05) is 11.5 Å². The molecule has 25 heavy (non-hydrogen) atoms. The number of carbonyl (C=O) groups is 1. The first-order valence-corrected chi connectivity index (χ1v) is 8.29. The van der Waals surface area contributed by atoms with Gasteiger partial charge in [-0.2, -0.15) is 0 Å². The maximum absolute atomic E-state index is 12.7. The lowest BCUT2D eigenvalue weighted by atomic mass is 10.2. The topological polar surface area (TPSA) is 42.7 Å². The molecule has 3 aromatic rings. The molecule has 0 radical (unpaired) electrons. The Hall–Kier alpha value is -3.01. The van der Waals surface area contributed by atoms with Crippen LogP contribution in [0.5, 0.6) is 5.75 Å². The third-order valence-electron chi connectivity index (χ3n) is 3.87. The van der Waals surface area contributed by atoms with Crippen molar-refractivity contribution in [3.63, 3.8) is 0 Å². The molecule has 4 heteroatoms. The van der Waals surface area contributed by atoms with Crippen molar-refractivity contribution in [3.8, 4) is 5.75 Å². The van der Waals surface area contributed by atoms with Crippen molar-refractivity contribution in [2.45, 2.75) is 19.9 Å². The van der Waals surface area contributed by atoms with E-state index in [-0.39, 0.29) is 5.91 Å². The molecule has 0 saturated heterocycles. The Kier molecular flexibility index (Phi) is 5.52. The fourth-order valence-electron chi connectivity index (χ4n) is 2.51. The first kappa shape index (κ1) is 16.8. The van der Waals surface area contributed by atoms with E-state index in [1.54, 1.807) is 11.2 Å². The molecule has 1 heterocycles. The summed E-state index contributed by atoms with van der Waals surface area (Å²) in [5.41, 5.74) is 2.01. The molecule has 0 N–H and O–H groups in total. The Morgan fingerprint density at radius 1 is 1.00 bits per heavy atom. The van der Waals surface area contributed by atoms with Gasteiger partial charge in [0.25, 0.3) is 0 Å². The van der Waals surface area contributed by atoms with Crippen LogP contribution in [-0.4, -0.2) is 12.5 Å². The van der Waals surface area contributed by atoms with Gasteiger partial charge in [-0.1, -0.05) is 35.9 Å². The summed E-state index contributed by atoms with van der Waals surface area (Å²) in [6.45, 7) is 2.76. The average Bonchev–Trinajstić information content (AvgIpc) is 3.15. The van der Waals surface area contributed by atoms with Crippen LogP contribution < -0.4 is 9.64 Å². The van der Waals surface area contributed by atoms with Crippen LogP contribution in [0.15, 0.2) is 77.4 Å². The van der Waals surface area contributed by atoms with Crippen LogP contribution >= 0.6 is 0 Å². The van der Waals surface area contributed by atoms with Gasteiger partial charge in [0.1, 0.15) is 11.5 Å². The molecule has 3 rings (SSSR count). The van der Waals surface area contributed by atoms with Gasteiger partial charge in [0.15, 0.2) is 0 Å². The first-order valence-electron chi connectivity index (χ1n) is 8.29. The smallest absolute Gasteiger partial charge is 0.230 e.